The number of hydrogen-bond donors (Lipinski definition) is 0. The lowest BCUT2D eigenvalue weighted by molar-refractivity contribution is -0.145. The number of allylic oxidation sites excluding steroid dienone is 2. The molecule has 2 heterocycles. The smallest absolute Gasteiger partial charge is 0.233 e. The van der Waals surface area contributed by atoms with Gasteiger partial charge in [0.25, 0.3) is 0 Å². The summed E-state index contributed by atoms with van der Waals surface area (Å²) < 4.78 is 26.4. The first-order valence-electron chi connectivity index (χ1n) is 9.01. The Hall–Kier alpha value is -1.99. The van der Waals surface area contributed by atoms with E-state index in [-0.39, 0.29) is 48.5 Å². The maximum atomic E-state index is 12.6. The molecule has 0 radical (unpaired) electrons. The monoisotopic (exact) mass is 374 g/mol. The van der Waals surface area contributed by atoms with Crippen LogP contribution in [0.5, 0.6) is 0 Å². The molecule has 2 aliphatic heterocycles. The molecule has 2 atom stereocenters. The molecule has 4 rings (SSSR count). The van der Waals surface area contributed by atoms with Crippen molar-refractivity contribution in [2.75, 3.05) is 18.8 Å². The molecular formula is C19H22N2O4S. The predicted molar refractivity (Wildman–Crippen MR) is 96.5 cm³/mol. The number of carbonyl (C=O) groups is 2. The summed E-state index contributed by atoms with van der Waals surface area (Å²) in [4.78, 5) is 26.4. The number of rotatable bonds is 5. The first kappa shape index (κ1) is 17.4. The van der Waals surface area contributed by atoms with Crippen molar-refractivity contribution in [3.05, 3.63) is 48.0 Å². The van der Waals surface area contributed by atoms with E-state index in [2.05, 4.69) is 0 Å². The molecule has 1 aromatic carbocycles. The predicted octanol–water partition coefficient (Wildman–Crippen LogP) is 1.19. The van der Waals surface area contributed by atoms with E-state index in [1.807, 2.05) is 42.5 Å². The third-order valence-electron chi connectivity index (χ3n) is 5.62. The Labute approximate surface area is 153 Å². The Kier molecular flexibility index (Phi) is 4.44. The number of fused-ring (bicyclic) bond motifs is 1. The van der Waals surface area contributed by atoms with Crippen molar-refractivity contribution in [1.29, 1.82) is 0 Å². The van der Waals surface area contributed by atoms with Crippen molar-refractivity contribution in [1.82, 2.24) is 9.21 Å². The Morgan fingerprint density at radius 2 is 1.50 bits per heavy atom. The lowest BCUT2D eigenvalue weighted by Gasteiger charge is -2.42. The fourth-order valence-electron chi connectivity index (χ4n) is 4.01. The van der Waals surface area contributed by atoms with E-state index in [9.17, 15) is 18.0 Å². The molecule has 2 fully saturated rings. The fraction of sp³-hybridized carbons (Fsp3) is 0.474. The zero-order chi connectivity index (χ0) is 18.3. The van der Waals surface area contributed by atoms with Crippen LogP contribution in [-0.2, 0) is 26.0 Å². The number of amides is 2. The zero-order valence-electron chi connectivity index (χ0n) is 14.5. The molecule has 0 N–H and O–H groups in total. The van der Waals surface area contributed by atoms with Gasteiger partial charge < -0.3 is 0 Å². The molecule has 6 nitrogen and oxygen atoms in total. The second-order valence-electron chi connectivity index (χ2n) is 7.22. The number of carbonyl (C=O) groups excluding carboxylic acids is 2. The van der Waals surface area contributed by atoms with E-state index < -0.39 is 10.0 Å². The highest BCUT2D eigenvalue weighted by molar-refractivity contribution is 7.89. The van der Waals surface area contributed by atoms with Crippen LogP contribution in [0.4, 0.5) is 0 Å². The van der Waals surface area contributed by atoms with Gasteiger partial charge in [-0.05, 0) is 24.8 Å². The second-order valence-corrected chi connectivity index (χ2v) is 9.31. The summed E-state index contributed by atoms with van der Waals surface area (Å²) in [6, 6.07) is 9.18. The molecule has 1 aromatic rings. The number of aryl methyl sites for hydroxylation is 1. The number of likely N-dealkylation sites (tertiary alicyclic amines) is 1. The normalized spacial score (nSPS) is 26.8. The average Bonchev–Trinajstić information content (AvgIpc) is 2.85. The molecule has 0 saturated carbocycles. The second kappa shape index (κ2) is 6.63. The summed E-state index contributed by atoms with van der Waals surface area (Å²) >= 11 is 0. The molecule has 2 saturated heterocycles. The fourth-order valence-corrected chi connectivity index (χ4v) is 5.56. The minimum Gasteiger partial charge on any atom is -0.276 e. The van der Waals surface area contributed by atoms with Crippen molar-refractivity contribution in [3.8, 4) is 0 Å². The highest BCUT2D eigenvalue weighted by Gasteiger charge is 2.53. The lowest BCUT2D eigenvalue weighted by Crippen LogP contribution is -2.62. The highest BCUT2D eigenvalue weighted by Crippen LogP contribution is 2.37. The summed E-state index contributed by atoms with van der Waals surface area (Å²) in [5, 5.41) is 0. The first-order chi connectivity index (χ1) is 12.5. The van der Waals surface area contributed by atoms with Crippen LogP contribution in [0, 0.1) is 11.8 Å². The highest BCUT2D eigenvalue weighted by atomic mass is 32.2. The van der Waals surface area contributed by atoms with Crippen molar-refractivity contribution >= 4 is 21.8 Å². The van der Waals surface area contributed by atoms with Crippen LogP contribution in [0.25, 0.3) is 0 Å². The van der Waals surface area contributed by atoms with E-state index in [1.165, 1.54) is 9.21 Å². The standard InChI is InChI=1S/C19H22N2O4S/c22-18-16-8-4-5-9-17(16)19(23)21(18)15-12-20(13-15)26(24,25)11-10-14-6-2-1-3-7-14/h1-7,15-17H,8-13H2/t16-,17+. The van der Waals surface area contributed by atoms with Gasteiger partial charge in [-0.15, -0.1) is 0 Å². The molecule has 0 aromatic heterocycles. The van der Waals surface area contributed by atoms with Gasteiger partial charge in [-0.25, -0.2) is 8.42 Å². The summed E-state index contributed by atoms with van der Waals surface area (Å²) in [5.74, 6) is -0.723. The SMILES string of the molecule is O=C1[C@H]2CC=CC[C@H]2C(=O)N1C1CN(S(=O)(=O)CCc2ccccc2)C1. The quantitative estimate of drug-likeness (QED) is 0.573. The lowest BCUT2D eigenvalue weighted by atomic mass is 9.85. The van der Waals surface area contributed by atoms with E-state index >= 15 is 0 Å². The van der Waals surface area contributed by atoms with Crippen LogP contribution in [0.3, 0.4) is 0 Å². The van der Waals surface area contributed by atoms with Crippen molar-refractivity contribution < 1.29 is 18.0 Å². The van der Waals surface area contributed by atoms with Gasteiger partial charge in [0.1, 0.15) is 0 Å². The summed E-state index contributed by atoms with van der Waals surface area (Å²) in [7, 11) is -3.37. The Bertz CT molecular complexity index is 818. The molecule has 138 valence electrons. The minimum atomic E-state index is -3.37. The largest absolute Gasteiger partial charge is 0.276 e. The Morgan fingerprint density at radius 3 is 2.08 bits per heavy atom. The number of hydrogen-bond acceptors (Lipinski definition) is 4. The van der Waals surface area contributed by atoms with E-state index in [4.69, 9.17) is 0 Å². The van der Waals surface area contributed by atoms with Gasteiger partial charge in [0, 0.05) is 13.1 Å². The number of sulfonamides is 1. The van der Waals surface area contributed by atoms with Crippen LogP contribution in [0.1, 0.15) is 18.4 Å². The molecule has 0 unspecified atom stereocenters. The minimum absolute atomic E-state index is 0.0425. The van der Waals surface area contributed by atoms with Crippen molar-refractivity contribution in [3.63, 3.8) is 0 Å². The molecule has 2 amide bonds. The number of nitrogens with zero attached hydrogens (tertiary/aromatic N) is 2. The van der Waals surface area contributed by atoms with E-state index in [0.29, 0.717) is 19.3 Å². The molecular weight excluding hydrogens is 352 g/mol. The number of benzene rings is 1. The van der Waals surface area contributed by atoms with Crippen molar-refractivity contribution in [2.45, 2.75) is 25.3 Å². The van der Waals surface area contributed by atoms with Crippen molar-refractivity contribution in [2.24, 2.45) is 11.8 Å². The summed E-state index contributed by atoms with van der Waals surface area (Å²) in [5.41, 5.74) is 0.981. The van der Waals surface area contributed by atoms with E-state index in [0.717, 1.165) is 5.56 Å². The van der Waals surface area contributed by atoms with Gasteiger partial charge >= 0.3 is 0 Å². The molecule has 0 spiro atoms. The topological polar surface area (TPSA) is 74.8 Å². The van der Waals surface area contributed by atoms with Gasteiger partial charge in [-0.3, -0.25) is 14.5 Å². The van der Waals surface area contributed by atoms with Crippen LogP contribution in [-0.4, -0.2) is 54.3 Å². The van der Waals surface area contributed by atoms with Crippen LogP contribution in [0.2, 0.25) is 0 Å². The van der Waals surface area contributed by atoms with Gasteiger partial charge in [0.05, 0.1) is 23.6 Å². The maximum absolute atomic E-state index is 12.6. The summed E-state index contributed by atoms with van der Waals surface area (Å²) in [6.45, 7) is 0.447. The number of imide groups is 1. The Morgan fingerprint density at radius 1 is 0.923 bits per heavy atom. The third kappa shape index (κ3) is 2.99. The van der Waals surface area contributed by atoms with Crippen LogP contribution < -0.4 is 0 Å². The van der Waals surface area contributed by atoms with Crippen LogP contribution in [0.15, 0.2) is 42.5 Å². The first-order valence-corrected chi connectivity index (χ1v) is 10.6. The zero-order valence-corrected chi connectivity index (χ0v) is 15.3. The average molecular weight is 374 g/mol. The molecule has 7 heteroatoms. The van der Waals surface area contributed by atoms with Gasteiger partial charge in [-0.2, -0.15) is 4.31 Å². The van der Waals surface area contributed by atoms with Gasteiger partial charge in [-0.1, -0.05) is 42.5 Å². The van der Waals surface area contributed by atoms with Gasteiger partial charge in [0.15, 0.2) is 0 Å². The van der Waals surface area contributed by atoms with E-state index in [1.54, 1.807) is 0 Å². The maximum Gasteiger partial charge on any atom is 0.233 e. The third-order valence-corrected chi connectivity index (χ3v) is 7.43. The van der Waals surface area contributed by atoms with Crippen LogP contribution >= 0.6 is 0 Å². The summed E-state index contributed by atoms with van der Waals surface area (Å²) in [6.07, 6.45) is 5.59. The Balaban J connectivity index is 1.36. The molecule has 3 aliphatic rings. The molecule has 26 heavy (non-hydrogen) atoms. The molecule has 1 aliphatic carbocycles. The van der Waals surface area contributed by atoms with Gasteiger partial charge in [0.2, 0.25) is 21.8 Å². The molecule has 0 bridgehead atoms.